The van der Waals surface area contributed by atoms with Crippen LogP contribution in [0.25, 0.3) is 0 Å². The Kier molecular flexibility index (Phi) is 12.3. The van der Waals surface area contributed by atoms with E-state index in [2.05, 4.69) is 20.6 Å². The average Bonchev–Trinajstić information content (AvgIpc) is 2.91. The van der Waals surface area contributed by atoms with Crippen molar-refractivity contribution in [2.75, 3.05) is 13.1 Å². The average molecular weight is 539 g/mol. The van der Waals surface area contributed by atoms with Gasteiger partial charge in [-0.1, -0.05) is 30.3 Å². The van der Waals surface area contributed by atoms with Crippen molar-refractivity contribution in [2.45, 2.75) is 50.1 Å². The minimum Gasteiger partial charge on any atom is -0.384 e. The molecular weight excluding hydrogens is 500 g/mol. The lowest BCUT2D eigenvalue weighted by Crippen LogP contribution is -2.53. The van der Waals surface area contributed by atoms with Crippen LogP contribution in [0.4, 0.5) is 0 Å². The Morgan fingerprint density at radius 2 is 1.59 bits per heavy atom. The minimum atomic E-state index is -0.960. The lowest BCUT2D eigenvalue weighted by atomic mass is 9.91. The summed E-state index contributed by atoms with van der Waals surface area (Å²) in [6.07, 6.45) is 4.89. The summed E-state index contributed by atoms with van der Waals surface area (Å²) in [5.74, 6) is -2.43. The molecule has 3 amide bonds. The van der Waals surface area contributed by atoms with E-state index in [1.807, 2.05) is 0 Å². The summed E-state index contributed by atoms with van der Waals surface area (Å²) in [6, 6.07) is 8.63. The number of rotatable bonds is 16. The van der Waals surface area contributed by atoms with Gasteiger partial charge in [0.25, 0.3) is 0 Å². The number of nitrogen functional groups attached to an aromatic ring is 1. The highest BCUT2D eigenvalue weighted by atomic mass is 16.2. The number of hydrogen-bond acceptors (Lipinski definition) is 7. The Morgan fingerprint density at radius 3 is 2.15 bits per heavy atom. The third kappa shape index (κ3) is 10.4. The van der Waals surface area contributed by atoms with Crippen molar-refractivity contribution in [1.29, 1.82) is 5.41 Å². The molecule has 210 valence electrons. The van der Waals surface area contributed by atoms with Crippen molar-refractivity contribution in [3.63, 3.8) is 0 Å². The monoisotopic (exact) mass is 538 g/mol. The molecule has 0 radical (unpaired) electrons. The van der Waals surface area contributed by atoms with Gasteiger partial charge in [-0.2, -0.15) is 0 Å². The lowest BCUT2D eigenvalue weighted by Gasteiger charge is -2.24. The number of guanidine groups is 1. The van der Waals surface area contributed by atoms with Crippen molar-refractivity contribution in [1.82, 2.24) is 15.6 Å². The number of amidine groups is 1. The van der Waals surface area contributed by atoms with E-state index in [0.717, 1.165) is 5.56 Å². The minimum absolute atomic E-state index is 0.0534. The summed E-state index contributed by atoms with van der Waals surface area (Å²) in [4.78, 5) is 46.7. The molecule has 0 bridgehead atoms. The van der Waals surface area contributed by atoms with Crippen LogP contribution in [0.3, 0.4) is 0 Å². The molecule has 13 heteroatoms. The van der Waals surface area contributed by atoms with Gasteiger partial charge < -0.3 is 39.3 Å². The number of nitrogens with two attached hydrogens (primary N) is 5. The molecule has 2 rings (SSSR count). The zero-order chi connectivity index (χ0) is 28.8. The van der Waals surface area contributed by atoms with Crippen molar-refractivity contribution >= 4 is 29.5 Å². The lowest BCUT2D eigenvalue weighted by molar-refractivity contribution is -0.132. The Labute approximate surface area is 227 Å². The summed E-state index contributed by atoms with van der Waals surface area (Å²) in [7, 11) is 0. The Morgan fingerprint density at radius 1 is 0.923 bits per heavy atom. The van der Waals surface area contributed by atoms with Gasteiger partial charge in [0.2, 0.25) is 17.7 Å². The van der Waals surface area contributed by atoms with Crippen LogP contribution in [-0.4, -0.2) is 59.7 Å². The highest BCUT2D eigenvalue weighted by Crippen LogP contribution is 2.22. The van der Waals surface area contributed by atoms with E-state index in [-0.39, 0.29) is 37.1 Å². The molecule has 1 aromatic heterocycles. The largest absolute Gasteiger partial charge is 0.384 e. The summed E-state index contributed by atoms with van der Waals surface area (Å²) in [5, 5.41) is 13.0. The van der Waals surface area contributed by atoms with Crippen molar-refractivity contribution in [3.05, 3.63) is 65.5 Å². The van der Waals surface area contributed by atoms with E-state index in [1.165, 1.54) is 0 Å². The fourth-order valence-electron chi connectivity index (χ4n) is 3.92. The van der Waals surface area contributed by atoms with Crippen molar-refractivity contribution in [3.8, 4) is 0 Å². The summed E-state index contributed by atoms with van der Waals surface area (Å²) >= 11 is 0. The molecule has 0 aliphatic rings. The van der Waals surface area contributed by atoms with Crippen LogP contribution in [0.2, 0.25) is 0 Å². The maximum absolute atomic E-state index is 13.6. The maximum Gasteiger partial charge on any atom is 0.243 e. The van der Waals surface area contributed by atoms with Crippen LogP contribution in [0.5, 0.6) is 0 Å². The van der Waals surface area contributed by atoms with Gasteiger partial charge in [-0.25, -0.2) is 0 Å². The third-order valence-corrected chi connectivity index (χ3v) is 6.04. The highest BCUT2D eigenvalue weighted by molar-refractivity contribution is 5.95. The number of amides is 3. The fraction of sp³-hybridized carbons (Fsp3) is 0.385. The molecule has 1 aromatic carbocycles. The van der Waals surface area contributed by atoms with Crippen LogP contribution in [0, 0.1) is 5.41 Å². The molecule has 13 N–H and O–H groups in total. The fourth-order valence-corrected chi connectivity index (χ4v) is 3.92. The van der Waals surface area contributed by atoms with Crippen LogP contribution in [0.15, 0.2) is 53.8 Å². The second-order valence-corrected chi connectivity index (χ2v) is 9.06. The van der Waals surface area contributed by atoms with Crippen molar-refractivity contribution in [2.24, 2.45) is 33.7 Å². The smallest absolute Gasteiger partial charge is 0.243 e. The first-order valence-electron chi connectivity index (χ1n) is 12.6. The standard InChI is InChI=1S/C26H38N10O3/c27-11-1-5-21(25(39)35-20(23(30)37)6-3-13-34-26(31)32)36-24(38)19(18-4-2-12-33-15-18)14-16-7-9-17(10-8-16)22(28)29/h2,4,7-10,12,15,19-21H,1,3,5-6,11,13-14,27H2,(H3,28,29)(H2,30,37)(H,35,39)(H,36,38)(H4,31,32,34)/t19-,20?,21-/m0/s1. The molecule has 1 heterocycles. The Balaban J connectivity index is 2.20. The molecule has 1 unspecified atom stereocenters. The van der Waals surface area contributed by atoms with Gasteiger partial charge in [0.15, 0.2) is 5.96 Å². The van der Waals surface area contributed by atoms with Gasteiger partial charge in [-0.15, -0.1) is 0 Å². The van der Waals surface area contributed by atoms with Gasteiger partial charge in [0, 0.05) is 24.5 Å². The van der Waals surface area contributed by atoms with Crippen LogP contribution >= 0.6 is 0 Å². The van der Waals surface area contributed by atoms with Gasteiger partial charge in [0.05, 0.1) is 5.92 Å². The van der Waals surface area contributed by atoms with Crippen molar-refractivity contribution < 1.29 is 14.4 Å². The number of nitrogens with one attached hydrogen (secondary N) is 3. The first kappa shape index (κ1) is 30.7. The van der Waals surface area contributed by atoms with Crippen LogP contribution in [0.1, 0.15) is 48.3 Å². The number of aromatic nitrogens is 1. The molecule has 39 heavy (non-hydrogen) atoms. The molecule has 0 aliphatic carbocycles. The summed E-state index contributed by atoms with van der Waals surface area (Å²) < 4.78 is 0. The predicted octanol–water partition coefficient (Wildman–Crippen LogP) is -1.06. The molecule has 0 saturated heterocycles. The van der Waals surface area contributed by atoms with Gasteiger partial charge in [-0.3, -0.25) is 29.8 Å². The number of carbonyl (C=O) groups excluding carboxylic acids is 3. The highest BCUT2D eigenvalue weighted by Gasteiger charge is 2.29. The molecule has 0 fully saturated rings. The van der Waals surface area contributed by atoms with Crippen LogP contribution < -0.4 is 39.3 Å². The van der Waals surface area contributed by atoms with Crippen LogP contribution in [-0.2, 0) is 20.8 Å². The molecule has 0 spiro atoms. The number of primary amides is 1. The van der Waals surface area contributed by atoms with E-state index in [0.29, 0.717) is 36.9 Å². The molecule has 2 aromatic rings. The zero-order valence-electron chi connectivity index (χ0n) is 21.8. The van der Waals surface area contributed by atoms with Gasteiger partial charge in [-0.05, 0) is 55.8 Å². The first-order valence-corrected chi connectivity index (χ1v) is 12.6. The SMILES string of the molecule is N=C(N)c1ccc(C[C@H](C(=O)N[C@@H](CCCN)C(=O)NC(CCCN=C(N)N)C(N)=O)c2cccnc2)cc1. The Hall–Kier alpha value is -4.52. The second kappa shape index (κ2) is 15.7. The molecule has 13 nitrogen and oxygen atoms in total. The quantitative estimate of drug-likeness (QED) is 0.0740. The number of carbonyl (C=O) groups is 3. The van der Waals surface area contributed by atoms with E-state index < -0.39 is 29.8 Å². The molecule has 0 saturated carbocycles. The molecule has 3 atom stereocenters. The number of hydrogen-bond donors (Lipinski definition) is 8. The summed E-state index contributed by atoms with van der Waals surface area (Å²) in [5.41, 5.74) is 29.4. The molecule has 0 aliphatic heterocycles. The second-order valence-electron chi connectivity index (χ2n) is 9.06. The van der Waals surface area contributed by atoms with E-state index in [1.54, 1.807) is 48.8 Å². The maximum atomic E-state index is 13.6. The predicted molar refractivity (Wildman–Crippen MR) is 149 cm³/mol. The summed E-state index contributed by atoms with van der Waals surface area (Å²) in [6.45, 7) is 0.585. The van der Waals surface area contributed by atoms with Gasteiger partial charge in [0.1, 0.15) is 17.9 Å². The third-order valence-electron chi connectivity index (χ3n) is 6.04. The zero-order valence-corrected chi connectivity index (χ0v) is 21.8. The normalized spacial score (nSPS) is 12.9. The van der Waals surface area contributed by atoms with E-state index >= 15 is 0 Å². The number of aliphatic imine (C=N–C) groups is 1. The number of nitrogens with zero attached hydrogens (tertiary/aromatic N) is 2. The van der Waals surface area contributed by atoms with Gasteiger partial charge >= 0.3 is 0 Å². The molecular formula is C26H38N10O3. The number of pyridine rings is 1. The topological polar surface area (TPSA) is 254 Å². The Bertz CT molecular complexity index is 1130. The van der Waals surface area contributed by atoms with E-state index in [4.69, 9.17) is 34.1 Å². The first-order chi connectivity index (χ1) is 18.6. The van der Waals surface area contributed by atoms with E-state index in [9.17, 15) is 14.4 Å². The number of benzene rings is 1.